The van der Waals surface area contributed by atoms with Gasteiger partial charge in [0.1, 0.15) is 5.01 Å². The molecule has 0 radical (unpaired) electrons. The van der Waals surface area contributed by atoms with Crippen molar-refractivity contribution in [3.05, 3.63) is 39.8 Å². The Morgan fingerprint density at radius 3 is 2.62 bits per heavy atom. The van der Waals surface area contributed by atoms with E-state index in [2.05, 4.69) is 30.2 Å². The van der Waals surface area contributed by atoms with Crippen LogP contribution in [0.5, 0.6) is 11.5 Å². The number of hydrogen-bond donors (Lipinski definition) is 1. The van der Waals surface area contributed by atoms with E-state index in [-0.39, 0.29) is 6.04 Å². The molecule has 1 unspecified atom stereocenters. The van der Waals surface area contributed by atoms with Crippen molar-refractivity contribution in [2.24, 2.45) is 0 Å². The number of rotatable bonds is 7. The minimum absolute atomic E-state index is 0.221. The molecular formula is C16H22N2O2S. The summed E-state index contributed by atoms with van der Waals surface area (Å²) in [5.74, 6) is 1.51. The first-order chi connectivity index (χ1) is 10.2. The van der Waals surface area contributed by atoms with E-state index in [0.29, 0.717) is 0 Å². The van der Waals surface area contributed by atoms with Gasteiger partial charge in [0, 0.05) is 23.7 Å². The van der Waals surface area contributed by atoms with Crippen molar-refractivity contribution in [1.82, 2.24) is 10.3 Å². The molecule has 2 rings (SSSR count). The Morgan fingerprint density at radius 2 is 2.00 bits per heavy atom. The van der Waals surface area contributed by atoms with Crippen molar-refractivity contribution in [2.45, 2.75) is 32.9 Å². The zero-order chi connectivity index (χ0) is 15.2. The lowest BCUT2D eigenvalue weighted by Crippen LogP contribution is -2.18. The number of ether oxygens (including phenoxy) is 2. The summed E-state index contributed by atoms with van der Waals surface area (Å²) in [7, 11) is 3.30. The molecule has 21 heavy (non-hydrogen) atoms. The first kappa shape index (κ1) is 15.8. The monoisotopic (exact) mass is 306 g/mol. The summed E-state index contributed by atoms with van der Waals surface area (Å²) in [4.78, 5) is 5.75. The summed E-state index contributed by atoms with van der Waals surface area (Å²) >= 11 is 1.77. The van der Waals surface area contributed by atoms with Crippen LogP contribution in [0.1, 0.15) is 35.3 Å². The molecule has 0 saturated carbocycles. The Kier molecular flexibility index (Phi) is 5.59. The lowest BCUT2D eigenvalue weighted by atomic mass is 10.1. The van der Waals surface area contributed by atoms with Gasteiger partial charge in [-0.25, -0.2) is 4.98 Å². The topological polar surface area (TPSA) is 43.4 Å². The summed E-state index contributed by atoms with van der Waals surface area (Å²) < 4.78 is 10.6. The van der Waals surface area contributed by atoms with Crippen molar-refractivity contribution in [3.8, 4) is 11.5 Å². The molecule has 0 aliphatic carbocycles. The van der Waals surface area contributed by atoms with Crippen LogP contribution < -0.4 is 14.8 Å². The van der Waals surface area contributed by atoms with Gasteiger partial charge in [0.25, 0.3) is 0 Å². The van der Waals surface area contributed by atoms with Gasteiger partial charge in [-0.05, 0) is 31.0 Å². The normalized spacial score (nSPS) is 12.2. The lowest BCUT2D eigenvalue weighted by molar-refractivity contribution is 0.354. The van der Waals surface area contributed by atoms with Crippen molar-refractivity contribution >= 4 is 11.3 Å². The van der Waals surface area contributed by atoms with Crippen LogP contribution in [-0.2, 0) is 13.0 Å². The van der Waals surface area contributed by atoms with E-state index in [0.717, 1.165) is 29.5 Å². The van der Waals surface area contributed by atoms with Crippen LogP contribution in [-0.4, -0.2) is 19.2 Å². The highest BCUT2D eigenvalue weighted by Gasteiger charge is 2.10. The molecule has 1 N–H and O–H groups in total. The Balaban J connectivity index is 2.01. The molecule has 0 fully saturated rings. The molecule has 4 nitrogen and oxygen atoms in total. The van der Waals surface area contributed by atoms with Gasteiger partial charge in [-0.15, -0.1) is 11.3 Å². The minimum atomic E-state index is 0.221. The maximum Gasteiger partial charge on any atom is 0.161 e. The third kappa shape index (κ3) is 3.95. The van der Waals surface area contributed by atoms with Crippen molar-refractivity contribution in [2.75, 3.05) is 14.2 Å². The first-order valence-corrected chi connectivity index (χ1v) is 7.88. The fourth-order valence-electron chi connectivity index (χ4n) is 2.07. The highest BCUT2D eigenvalue weighted by molar-refractivity contribution is 7.11. The van der Waals surface area contributed by atoms with Gasteiger partial charge in [0.2, 0.25) is 0 Å². The molecule has 1 heterocycles. The van der Waals surface area contributed by atoms with Crippen LogP contribution in [0.2, 0.25) is 0 Å². The molecule has 0 spiro atoms. The number of hydrogen-bond acceptors (Lipinski definition) is 5. The Labute approximate surface area is 130 Å². The molecule has 1 aromatic carbocycles. The van der Waals surface area contributed by atoms with E-state index in [1.807, 2.05) is 18.3 Å². The molecule has 1 aromatic heterocycles. The number of thiazole rings is 1. The van der Waals surface area contributed by atoms with Gasteiger partial charge in [0.15, 0.2) is 11.5 Å². The predicted molar refractivity (Wildman–Crippen MR) is 86.3 cm³/mol. The quantitative estimate of drug-likeness (QED) is 0.849. The van der Waals surface area contributed by atoms with Crippen LogP contribution in [0.15, 0.2) is 24.4 Å². The van der Waals surface area contributed by atoms with Crippen LogP contribution in [0.4, 0.5) is 0 Å². The Bertz CT molecular complexity index is 583. The zero-order valence-electron chi connectivity index (χ0n) is 13.0. The third-order valence-corrected chi connectivity index (χ3v) is 4.56. The Hall–Kier alpha value is -1.59. The lowest BCUT2D eigenvalue weighted by Gasteiger charge is -2.15. The SMILES string of the molecule is CCc1cnc(CNC(C)c2ccc(OC)c(OC)c2)s1. The summed E-state index contributed by atoms with van der Waals surface area (Å²) in [6, 6.07) is 6.22. The maximum absolute atomic E-state index is 5.34. The molecular weight excluding hydrogens is 284 g/mol. The van der Waals surface area contributed by atoms with E-state index in [4.69, 9.17) is 9.47 Å². The van der Waals surface area contributed by atoms with Gasteiger partial charge in [-0.1, -0.05) is 13.0 Å². The van der Waals surface area contributed by atoms with E-state index in [1.54, 1.807) is 25.6 Å². The fraction of sp³-hybridized carbons (Fsp3) is 0.438. The fourth-order valence-corrected chi connectivity index (χ4v) is 2.89. The van der Waals surface area contributed by atoms with E-state index < -0.39 is 0 Å². The summed E-state index contributed by atoms with van der Waals surface area (Å²) in [6.45, 7) is 5.06. The average molecular weight is 306 g/mol. The van der Waals surface area contributed by atoms with Gasteiger partial charge < -0.3 is 14.8 Å². The highest BCUT2D eigenvalue weighted by Crippen LogP contribution is 2.30. The van der Waals surface area contributed by atoms with Crippen LogP contribution in [0.25, 0.3) is 0 Å². The number of methoxy groups -OCH3 is 2. The molecule has 114 valence electrons. The molecule has 1 atom stereocenters. The van der Waals surface area contributed by atoms with Gasteiger partial charge >= 0.3 is 0 Å². The van der Waals surface area contributed by atoms with Crippen molar-refractivity contribution < 1.29 is 9.47 Å². The first-order valence-electron chi connectivity index (χ1n) is 7.06. The molecule has 0 bridgehead atoms. The molecule has 0 aliphatic rings. The molecule has 5 heteroatoms. The summed E-state index contributed by atoms with van der Waals surface area (Å²) in [5.41, 5.74) is 1.17. The number of nitrogens with one attached hydrogen (secondary N) is 1. The van der Waals surface area contributed by atoms with Crippen molar-refractivity contribution in [1.29, 1.82) is 0 Å². The van der Waals surface area contributed by atoms with Crippen LogP contribution in [0.3, 0.4) is 0 Å². The number of aryl methyl sites for hydroxylation is 1. The number of nitrogens with zero attached hydrogens (tertiary/aromatic N) is 1. The predicted octanol–water partition coefficient (Wildman–Crippen LogP) is 3.57. The van der Waals surface area contributed by atoms with Gasteiger partial charge in [0.05, 0.1) is 14.2 Å². The second kappa shape index (κ2) is 7.43. The highest BCUT2D eigenvalue weighted by atomic mass is 32.1. The van der Waals surface area contributed by atoms with Crippen LogP contribution in [0, 0.1) is 0 Å². The van der Waals surface area contributed by atoms with Gasteiger partial charge in [-0.3, -0.25) is 0 Å². The maximum atomic E-state index is 5.34. The number of aromatic nitrogens is 1. The van der Waals surface area contributed by atoms with Crippen molar-refractivity contribution in [3.63, 3.8) is 0 Å². The minimum Gasteiger partial charge on any atom is -0.493 e. The molecule has 0 saturated heterocycles. The molecule has 0 amide bonds. The number of benzene rings is 1. The zero-order valence-corrected chi connectivity index (χ0v) is 13.8. The summed E-state index contributed by atoms with van der Waals surface area (Å²) in [6.07, 6.45) is 3.01. The molecule has 2 aromatic rings. The largest absolute Gasteiger partial charge is 0.493 e. The average Bonchev–Trinajstić information content (AvgIpc) is 2.99. The van der Waals surface area contributed by atoms with Gasteiger partial charge in [-0.2, -0.15) is 0 Å². The van der Waals surface area contributed by atoms with E-state index >= 15 is 0 Å². The second-order valence-corrected chi connectivity index (χ2v) is 5.99. The Morgan fingerprint density at radius 1 is 1.24 bits per heavy atom. The third-order valence-electron chi connectivity index (χ3n) is 3.42. The standard InChI is InChI=1S/C16H22N2O2S/c1-5-13-9-18-16(21-13)10-17-11(2)12-6-7-14(19-3)15(8-12)20-4/h6-9,11,17H,5,10H2,1-4H3. The van der Waals surface area contributed by atoms with E-state index in [9.17, 15) is 0 Å². The van der Waals surface area contributed by atoms with Crippen LogP contribution >= 0.6 is 11.3 Å². The molecule has 0 aliphatic heterocycles. The summed E-state index contributed by atoms with van der Waals surface area (Å²) in [5, 5.41) is 4.62. The second-order valence-electron chi connectivity index (χ2n) is 4.79. The van der Waals surface area contributed by atoms with E-state index in [1.165, 1.54) is 10.4 Å². The smallest absolute Gasteiger partial charge is 0.161 e.